The van der Waals surface area contributed by atoms with Crippen LogP contribution in [0.2, 0.25) is 10.0 Å². The van der Waals surface area contributed by atoms with E-state index in [1.54, 1.807) is 18.2 Å². The first-order valence-electron chi connectivity index (χ1n) is 3.41. The zero-order valence-electron chi connectivity index (χ0n) is 6.43. The highest BCUT2D eigenvalue weighted by molar-refractivity contribution is 6.51. The molecule has 0 amide bonds. The fourth-order valence-corrected chi connectivity index (χ4v) is 1.61. The van der Waals surface area contributed by atoms with Crippen molar-refractivity contribution in [3.63, 3.8) is 0 Å². The number of aldehydes is 1. The van der Waals surface area contributed by atoms with Gasteiger partial charge in [0.1, 0.15) is 6.29 Å². The Kier molecular flexibility index (Phi) is 3.79. The number of hydrogen-bond acceptors (Lipinski definition) is 1. The molecule has 1 aromatic carbocycles. The molecular weight excluding hydrogens is 230 g/mol. The van der Waals surface area contributed by atoms with Gasteiger partial charge in [0.05, 0.1) is 10.1 Å². The molecule has 68 valence electrons. The predicted octanol–water partition coefficient (Wildman–Crippen LogP) is 3.77. The molecule has 0 aliphatic heterocycles. The van der Waals surface area contributed by atoms with Gasteiger partial charge < -0.3 is 0 Å². The molecule has 0 spiro atoms. The van der Waals surface area contributed by atoms with Crippen molar-refractivity contribution >= 4 is 46.1 Å². The minimum atomic E-state index is 0.302. The maximum atomic E-state index is 10.1. The molecule has 0 saturated carbocycles. The molecular formula is C9H5Cl3O. The van der Waals surface area contributed by atoms with E-state index >= 15 is 0 Å². The van der Waals surface area contributed by atoms with Gasteiger partial charge in [-0.05, 0) is 18.2 Å². The Labute approximate surface area is 90.9 Å². The lowest BCUT2D eigenvalue weighted by Gasteiger charge is -2.01. The van der Waals surface area contributed by atoms with Crippen molar-refractivity contribution in [2.24, 2.45) is 0 Å². The van der Waals surface area contributed by atoms with Gasteiger partial charge in [-0.1, -0.05) is 40.9 Å². The van der Waals surface area contributed by atoms with Gasteiger partial charge in [-0.3, -0.25) is 4.79 Å². The monoisotopic (exact) mass is 234 g/mol. The van der Waals surface area contributed by atoms with Crippen molar-refractivity contribution < 1.29 is 4.79 Å². The number of halogens is 3. The van der Waals surface area contributed by atoms with Crippen LogP contribution < -0.4 is 0 Å². The molecule has 0 heterocycles. The van der Waals surface area contributed by atoms with Crippen molar-refractivity contribution in [2.45, 2.75) is 0 Å². The largest absolute Gasteiger partial charge is 0.299 e. The van der Waals surface area contributed by atoms with Gasteiger partial charge in [-0.25, -0.2) is 0 Å². The first-order chi connectivity index (χ1) is 6.15. The van der Waals surface area contributed by atoms with Gasteiger partial charge >= 0.3 is 0 Å². The second kappa shape index (κ2) is 4.66. The molecule has 1 rings (SSSR count). The molecule has 0 aliphatic rings. The van der Waals surface area contributed by atoms with Crippen molar-refractivity contribution in [3.8, 4) is 0 Å². The van der Waals surface area contributed by atoms with E-state index in [9.17, 15) is 4.79 Å². The fraction of sp³-hybridized carbons (Fsp3) is 0. The molecule has 4 heteroatoms. The average Bonchev–Trinajstić information content (AvgIpc) is 2.04. The molecule has 0 aliphatic carbocycles. The fourth-order valence-electron chi connectivity index (χ4n) is 0.833. The molecule has 0 fully saturated rings. The smallest absolute Gasteiger partial charge is 0.144 e. The van der Waals surface area contributed by atoms with E-state index < -0.39 is 0 Å². The minimum Gasteiger partial charge on any atom is -0.299 e. The number of carbonyl (C=O) groups excluding carboxylic acids is 1. The Balaban J connectivity index is 3.15. The van der Waals surface area contributed by atoms with E-state index in [1.807, 2.05) is 0 Å². The summed E-state index contributed by atoms with van der Waals surface area (Å²) in [4.78, 5) is 10.1. The number of hydrogen-bond donors (Lipinski definition) is 0. The standard InChI is InChI=1S/C9H5Cl3O/c10-6-1-2-7(9(12)5-6)8(11)3-4-13/h1-5H/b8-3+. The summed E-state index contributed by atoms with van der Waals surface area (Å²) in [5, 5.41) is 1.26. The zero-order chi connectivity index (χ0) is 9.84. The minimum absolute atomic E-state index is 0.302. The van der Waals surface area contributed by atoms with Gasteiger partial charge in [-0.2, -0.15) is 0 Å². The lowest BCUT2D eigenvalue weighted by molar-refractivity contribution is -0.104. The van der Waals surface area contributed by atoms with Gasteiger partial charge in [0.15, 0.2) is 0 Å². The van der Waals surface area contributed by atoms with E-state index in [4.69, 9.17) is 34.8 Å². The van der Waals surface area contributed by atoms with Crippen LogP contribution >= 0.6 is 34.8 Å². The van der Waals surface area contributed by atoms with E-state index in [0.717, 1.165) is 0 Å². The van der Waals surface area contributed by atoms with Crippen LogP contribution in [0, 0.1) is 0 Å². The van der Waals surface area contributed by atoms with Crippen LogP contribution in [0.4, 0.5) is 0 Å². The van der Waals surface area contributed by atoms with Crippen LogP contribution in [0.3, 0.4) is 0 Å². The lowest BCUT2D eigenvalue weighted by Crippen LogP contribution is -1.80. The molecule has 0 atom stereocenters. The number of rotatable bonds is 2. The van der Waals surface area contributed by atoms with Gasteiger partial charge in [0.25, 0.3) is 0 Å². The van der Waals surface area contributed by atoms with Gasteiger partial charge in [0, 0.05) is 10.6 Å². The Morgan fingerprint density at radius 2 is 2.00 bits per heavy atom. The van der Waals surface area contributed by atoms with Crippen molar-refractivity contribution in [1.29, 1.82) is 0 Å². The summed E-state index contributed by atoms with van der Waals surface area (Å²) in [5.41, 5.74) is 0.597. The summed E-state index contributed by atoms with van der Waals surface area (Å²) in [7, 11) is 0. The highest BCUT2D eigenvalue weighted by Crippen LogP contribution is 2.28. The van der Waals surface area contributed by atoms with E-state index in [-0.39, 0.29) is 0 Å². The van der Waals surface area contributed by atoms with Crippen LogP contribution in [-0.4, -0.2) is 6.29 Å². The molecule has 0 bridgehead atoms. The third-order valence-corrected chi connectivity index (χ3v) is 2.28. The van der Waals surface area contributed by atoms with E-state index in [2.05, 4.69) is 0 Å². The Bertz CT molecular complexity index is 358. The highest BCUT2D eigenvalue weighted by Gasteiger charge is 2.03. The zero-order valence-corrected chi connectivity index (χ0v) is 8.70. The van der Waals surface area contributed by atoms with Crippen LogP contribution in [0.25, 0.3) is 5.03 Å². The molecule has 1 nitrogen and oxygen atoms in total. The number of carbonyl (C=O) groups is 1. The topological polar surface area (TPSA) is 17.1 Å². The van der Waals surface area contributed by atoms with Gasteiger partial charge in [-0.15, -0.1) is 0 Å². The summed E-state index contributed by atoms with van der Waals surface area (Å²) in [6.45, 7) is 0. The van der Waals surface area contributed by atoms with Crippen molar-refractivity contribution in [2.75, 3.05) is 0 Å². The van der Waals surface area contributed by atoms with E-state index in [0.29, 0.717) is 26.9 Å². The maximum Gasteiger partial charge on any atom is 0.144 e. The Morgan fingerprint density at radius 1 is 1.31 bits per heavy atom. The third kappa shape index (κ3) is 2.73. The van der Waals surface area contributed by atoms with Crippen LogP contribution in [0.5, 0.6) is 0 Å². The molecule has 1 aromatic rings. The summed E-state index contributed by atoms with van der Waals surface area (Å²) in [6.07, 6.45) is 1.84. The number of benzene rings is 1. The predicted molar refractivity (Wildman–Crippen MR) is 56.4 cm³/mol. The second-order valence-electron chi connectivity index (χ2n) is 2.27. The second-order valence-corrected chi connectivity index (χ2v) is 3.53. The molecule has 0 saturated heterocycles. The third-order valence-electron chi connectivity index (χ3n) is 1.40. The van der Waals surface area contributed by atoms with Crippen LogP contribution in [-0.2, 0) is 4.79 Å². The normalized spacial score (nSPS) is 11.5. The summed E-state index contributed by atoms with van der Waals surface area (Å²) in [5.74, 6) is 0. The van der Waals surface area contributed by atoms with Crippen LogP contribution in [0.1, 0.15) is 5.56 Å². The molecule has 13 heavy (non-hydrogen) atoms. The van der Waals surface area contributed by atoms with Gasteiger partial charge in [0.2, 0.25) is 0 Å². The summed E-state index contributed by atoms with van der Waals surface area (Å²) in [6, 6.07) is 4.89. The summed E-state index contributed by atoms with van der Waals surface area (Å²) >= 11 is 17.3. The van der Waals surface area contributed by atoms with Crippen LogP contribution in [0.15, 0.2) is 24.3 Å². The Morgan fingerprint density at radius 3 is 2.54 bits per heavy atom. The average molecular weight is 235 g/mol. The SMILES string of the molecule is O=C/C=C(/Cl)c1ccc(Cl)cc1Cl. The lowest BCUT2D eigenvalue weighted by atomic mass is 10.2. The number of allylic oxidation sites excluding steroid dienone is 1. The van der Waals surface area contributed by atoms with E-state index in [1.165, 1.54) is 6.08 Å². The van der Waals surface area contributed by atoms with Crippen molar-refractivity contribution in [3.05, 3.63) is 39.9 Å². The Hall–Kier alpha value is -0.500. The quantitative estimate of drug-likeness (QED) is 0.563. The first kappa shape index (κ1) is 10.6. The molecule has 0 aromatic heterocycles. The molecule has 0 unspecified atom stereocenters. The first-order valence-corrected chi connectivity index (χ1v) is 4.55. The molecule has 0 radical (unpaired) electrons. The molecule has 0 N–H and O–H groups in total. The maximum absolute atomic E-state index is 10.1. The van der Waals surface area contributed by atoms with Crippen molar-refractivity contribution in [1.82, 2.24) is 0 Å². The highest BCUT2D eigenvalue weighted by atomic mass is 35.5. The summed E-state index contributed by atoms with van der Waals surface area (Å²) < 4.78 is 0.